The molecule has 1 aromatic carbocycles. The van der Waals surface area contributed by atoms with Gasteiger partial charge >= 0.3 is 11.9 Å². The van der Waals surface area contributed by atoms with Crippen LogP contribution in [-0.4, -0.2) is 37.4 Å². The first-order valence-corrected chi connectivity index (χ1v) is 5.94. The summed E-state index contributed by atoms with van der Waals surface area (Å²) in [5.41, 5.74) is 0.525. The van der Waals surface area contributed by atoms with Crippen molar-refractivity contribution >= 4 is 18.0 Å². The van der Waals surface area contributed by atoms with Gasteiger partial charge in [0.25, 0.3) is 0 Å². The number of methoxy groups -OCH3 is 1. The van der Waals surface area contributed by atoms with Gasteiger partial charge in [0.2, 0.25) is 0 Å². The van der Waals surface area contributed by atoms with E-state index in [0.717, 1.165) is 6.08 Å². The molecule has 0 heterocycles. The Morgan fingerprint density at radius 2 is 2.10 bits per heavy atom. The highest BCUT2D eigenvalue weighted by atomic mass is 16.6. The number of carboxylic acid groups (broad SMARTS) is 1. The van der Waals surface area contributed by atoms with E-state index >= 15 is 0 Å². The molecule has 1 N–H and O–H groups in total. The van der Waals surface area contributed by atoms with Crippen LogP contribution in [0.3, 0.4) is 0 Å². The van der Waals surface area contributed by atoms with Crippen LogP contribution in [0.25, 0.3) is 6.08 Å². The predicted octanol–water partition coefficient (Wildman–Crippen LogP) is 1.73. The lowest BCUT2D eigenvalue weighted by atomic mass is 10.1. The number of benzene rings is 1. The number of carboxylic acids is 1. The zero-order chi connectivity index (χ0) is 15.0. The predicted molar refractivity (Wildman–Crippen MR) is 71.8 cm³/mol. The number of rotatable bonds is 7. The molecular weight excluding hydrogens is 264 g/mol. The van der Waals surface area contributed by atoms with Crippen molar-refractivity contribution in [2.75, 3.05) is 20.3 Å². The molecule has 0 spiro atoms. The van der Waals surface area contributed by atoms with Crippen LogP contribution in [0, 0.1) is 0 Å². The van der Waals surface area contributed by atoms with Gasteiger partial charge in [0.1, 0.15) is 11.5 Å². The number of hydrogen-bond acceptors (Lipinski definition) is 5. The molecule has 6 heteroatoms. The zero-order valence-electron chi connectivity index (χ0n) is 11.3. The second-order valence-electron chi connectivity index (χ2n) is 3.67. The van der Waals surface area contributed by atoms with Gasteiger partial charge in [-0.15, -0.1) is 0 Å². The SMILES string of the molecule is CCOC(=O)COc1cc(OC)ccc1C=CC(=O)O. The second-order valence-corrected chi connectivity index (χ2v) is 3.67. The van der Waals surface area contributed by atoms with Crippen molar-refractivity contribution in [3.63, 3.8) is 0 Å². The summed E-state index contributed by atoms with van der Waals surface area (Å²) in [6, 6.07) is 4.87. The Bertz CT molecular complexity index is 506. The van der Waals surface area contributed by atoms with E-state index in [1.807, 2.05) is 0 Å². The van der Waals surface area contributed by atoms with Crippen LogP contribution in [0.15, 0.2) is 24.3 Å². The van der Waals surface area contributed by atoms with E-state index in [1.165, 1.54) is 13.2 Å². The summed E-state index contributed by atoms with van der Waals surface area (Å²) in [6.45, 7) is 1.71. The molecule has 0 aliphatic heterocycles. The fourth-order valence-corrected chi connectivity index (χ4v) is 1.40. The van der Waals surface area contributed by atoms with Crippen LogP contribution >= 0.6 is 0 Å². The smallest absolute Gasteiger partial charge is 0.344 e. The van der Waals surface area contributed by atoms with Gasteiger partial charge in [0.05, 0.1) is 13.7 Å². The van der Waals surface area contributed by atoms with Crippen LogP contribution in [-0.2, 0) is 14.3 Å². The van der Waals surface area contributed by atoms with Crippen LogP contribution in [0.1, 0.15) is 12.5 Å². The molecule has 0 unspecified atom stereocenters. The van der Waals surface area contributed by atoms with Crippen molar-refractivity contribution in [1.82, 2.24) is 0 Å². The number of ether oxygens (including phenoxy) is 3. The molecule has 0 saturated heterocycles. The first-order chi connectivity index (χ1) is 9.56. The lowest BCUT2D eigenvalue weighted by Gasteiger charge is -2.10. The first kappa shape index (κ1) is 15.6. The second kappa shape index (κ2) is 7.83. The quantitative estimate of drug-likeness (QED) is 0.605. The number of aliphatic carboxylic acids is 1. The molecule has 1 aromatic rings. The summed E-state index contributed by atoms with van der Waals surface area (Å²) in [4.78, 5) is 21.8. The Morgan fingerprint density at radius 3 is 2.70 bits per heavy atom. The normalized spacial score (nSPS) is 10.3. The first-order valence-electron chi connectivity index (χ1n) is 5.94. The molecule has 108 valence electrons. The third-order valence-corrected chi connectivity index (χ3v) is 2.28. The fraction of sp³-hybridized carbons (Fsp3) is 0.286. The van der Waals surface area contributed by atoms with E-state index in [4.69, 9.17) is 19.3 Å². The standard InChI is InChI=1S/C14H16O6/c1-3-19-14(17)9-20-12-8-11(18-2)6-4-10(12)5-7-13(15)16/h4-8H,3,9H2,1-2H3,(H,15,16). The summed E-state index contributed by atoms with van der Waals surface area (Å²) in [7, 11) is 1.50. The molecule has 0 saturated carbocycles. The minimum atomic E-state index is -1.07. The Kier molecular flexibility index (Phi) is 6.09. The maximum Gasteiger partial charge on any atom is 0.344 e. The van der Waals surface area contributed by atoms with E-state index in [2.05, 4.69) is 0 Å². The van der Waals surface area contributed by atoms with E-state index in [-0.39, 0.29) is 13.2 Å². The fourth-order valence-electron chi connectivity index (χ4n) is 1.40. The zero-order valence-corrected chi connectivity index (χ0v) is 11.3. The van der Waals surface area contributed by atoms with Gasteiger partial charge in [-0.3, -0.25) is 0 Å². The Morgan fingerprint density at radius 1 is 1.35 bits per heavy atom. The lowest BCUT2D eigenvalue weighted by molar-refractivity contribution is -0.145. The number of esters is 1. The van der Waals surface area contributed by atoms with Gasteiger partial charge in [-0.05, 0) is 25.1 Å². The van der Waals surface area contributed by atoms with Crippen molar-refractivity contribution in [3.05, 3.63) is 29.8 Å². The van der Waals surface area contributed by atoms with Crippen molar-refractivity contribution in [1.29, 1.82) is 0 Å². The van der Waals surface area contributed by atoms with Crippen molar-refractivity contribution in [2.45, 2.75) is 6.92 Å². The Hall–Kier alpha value is -2.50. The van der Waals surface area contributed by atoms with Crippen molar-refractivity contribution < 1.29 is 28.9 Å². The van der Waals surface area contributed by atoms with Gasteiger partial charge in [-0.2, -0.15) is 0 Å². The third kappa shape index (κ3) is 5.01. The molecule has 20 heavy (non-hydrogen) atoms. The molecule has 1 rings (SSSR count). The minimum absolute atomic E-state index is 0.255. The maximum atomic E-state index is 11.3. The largest absolute Gasteiger partial charge is 0.497 e. The summed E-state index contributed by atoms with van der Waals surface area (Å²) in [5, 5.41) is 8.63. The van der Waals surface area contributed by atoms with E-state index in [1.54, 1.807) is 25.1 Å². The highest BCUT2D eigenvalue weighted by Crippen LogP contribution is 2.26. The lowest BCUT2D eigenvalue weighted by Crippen LogP contribution is -2.15. The molecule has 0 radical (unpaired) electrons. The third-order valence-electron chi connectivity index (χ3n) is 2.28. The molecule has 6 nitrogen and oxygen atoms in total. The van der Waals surface area contributed by atoms with Gasteiger partial charge in [0, 0.05) is 17.7 Å². The van der Waals surface area contributed by atoms with Crippen LogP contribution in [0.5, 0.6) is 11.5 Å². The summed E-state index contributed by atoms with van der Waals surface area (Å²) in [6.07, 6.45) is 2.36. The van der Waals surface area contributed by atoms with Crippen molar-refractivity contribution in [2.24, 2.45) is 0 Å². The molecule has 0 amide bonds. The van der Waals surface area contributed by atoms with Crippen LogP contribution < -0.4 is 9.47 Å². The average molecular weight is 280 g/mol. The molecule has 0 fully saturated rings. The monoisotopic (exact) mass is 280 g/mol. The molecule has 0 aromatic heterocycles. The summed E-state index contributed by atoms with van der Waals surface area (Å²) >= 11 is 0. The highest BCUT2D eigenvalue weighted by Gasteiger charge is 2.08. The summed E-state index contributed by atoms with van der Waals surface area (Å²) < 4.78 is 15.1. The van der Waals surface area contributed by atoms with E-state index in [0.29, 0.717) is 17.1 Å². The number of hydrogen-bond donors (Lipinski definition) is 1. The molecule has 0 atom stereocenters. The molecule has 0 aliphatic carbocycles. The molecular formula is C14H16O6. The van der Waals surface area contributed by atoms with Crippen LogP contribution in [0.4, 0.5) is 0 Å². The topological polar surface area (TPSA) is 82.1 Å². The van der Waals surface area contributed by atoms with Crippen LogP contribution in [0.2, 0.25) is 0 Å². The van der Waals surface area contributed by atoms with Gasteiger partial charge in [0.15, 0.2) is 6.61 Å². The number of carbonyl (C=O) groups is 2. The van der Waals surface area contributed by atoms with Gasteiger partial charge in [-0.1, -0.05) is 0 Å². The van der Waals surface area contributed by atoms with Gasteiger partial charge < -0.3 is 19.3 Å². The average Bonchev–Trinajstić information content (AvgIpc) is 2.43. The van der Waals surface area contributed by atoms with E-state index in [9.17, 15) is 9.59 Å². The molecule has 0 aliphatic rings. The highest BCUT2D eigenvalue weighted by molar-refractivity contribution is 5.86. The van der Waals surface area contributed by atoms with Crippen molar-refractivity contribution in [3.8, 4) is 11.5 Å². The number of carbonyl (C=O) groups excluding carboxylic acids is 1. The minimum Gasteiger partial charge on any atom is -0.497 e. The molecule has 0 bridgehead atoms. The summed E-state index contributed by atoms with van der Waals surface area (Å²) in [5.74, 6) is -0.688. The van der Waals surface area contributed by atoms with E-state index < -0.39 is 11.9 Å². The Labute approximate surface area is 116 Å². The Balaban J connectivity index is 2.88. The maximum absolute atomic E-state index is 11.3. The van der Waals surface area contributed by atoms with Gasteiger partial charge in [-0.25, -0.2) is 9.59 Å².